The summed E-state index contributed by atoms with van der Waals surface area (Å²) in [6.45, 7) is 5.69. The molecule has 0 radical (unpaired) electrons. The highest BCUT2D eigenvalue weighted by molar-refractivity contribution is 6.30. The predicted molar refractivity (Wildman–Crippen MR) is 107 cm³/mol. The van der Waals surface area contributed by atoms with Crippen LogP contribution in [0.4, 0.5) is 0 Å². The number of nitrogens with one attached hydrogen (secondary N) is 1. The molecule has 2 aromatic rings. The molecule has 1 aliphatic carbocycles. The second kappa shape index (κ2) is 7.69. The zero-order valence-corrected chi connectivity index (χ0v) is 16.6. The van der Waals surface area contributed by atoms with Crippen molar-refractivity contribution in [3.63, 3.8) is 0 Å². The first-order valence-electron chi connectivity index (χ1n) is 9.87. The third kappa shape index (κ3) is 4.22. The van der Waals surface area contributed by atoms with E-state index in [1.165, 1.54) is 12.8 Å². The topological polar surface area (TPSA) is 45.5 Å². The fraction of sp³-hybridized carbons (Fsp3) is 0.500. The van der Waals surface area contributed by atoms with Crippen LogP contribution in [0, 0.1) is 12.8 Å². The highest BCUT2D eigenvalue weighted by Gasteiger charge is 2.51. The van der Waals surface area contributed by atoms with E-state index in [1.807, 2.05) is 37.3 Å². The lowest BCUT2D eigenvalue weighted by molar-refractivity contribution is -0.123. The molecule has 1 aromatic carbocycles. The number of aryl methyl sites for hydroxylation is 1. The summed E-state index contributed by atoms with van der Waals surface area (Å²) in [6, 6.07) is 11.8. The smallest absolute Gasteiger partial charge is 0.230 e. The molecular formula is C22H27ClN2O2. The summed E-state index contributed by atoms with van der Waals surface area (Å²) in [6.07, 6.45) is 4.19. The number of furan rings is 1. The van der Waals surface area contributed by atoms with Crippen molar-refractivity contribution in [2.75, 3.05) is 19.6 Å². The van der Waals surface area contributed by atoms with Crippen molar-refractivity contribution in [1.82, 2.24) is 10.2 Å². The van der Waals surface area contributed by atoms with Crippen molar-refractivity contribution >= 4 is 17.5 Å². The lowest BCUT2D eigenvalue weighted by Gasteiger charge is -2.32. The standard InChI is InChI=1S/C22H27ClN2O2/c1-16-4-9-20(27-16)15-25-12-2-3-17(14-25)13-24-21(26)22(10-11-22)18-5-7-19(23)8-6-18/h4-9,17H,2-3,10-15H2,1H3,(H,24,26). The number of amides is 1. The highest BCUT2D eigenvalue weighted by Crippen LogP contribution is 2.48. The van der Waals surface area contributed by atoms with Crippen LogP contribution in [-0.4, -0.2) is 30.4 Å². The van der Waals surface area contributed by atoms with E-state index < -0.39 is 0 Å². The Morgan fingerprint density at radius 2 is 2.04 bits per heavy atom. The number of carbonyl (C=O) groups excluding carboxylic acids is 1. The Hall–Kier alpha value is -1.78. The molecule has 0 spiro atoms. The van der Waals surface area contributed by atoms with Gasteiger partial charge >= 0.3 is 0 Å². The van der Waals surface area contributed by atoms with Crippen LogP contribution in [0.1, 0.15) is 42.8 Å². The van der Waals surface area contributed by atoms with Gasteiger partial charge in [-0.05, 0) is 74.9 Å². The fourth-order valence-electron chi connectivity index (χ4n) is 4.20. The Bertz CT molecular complexity index is 795. The van der Waals surface area contributed by atoms with Gasteiger partial charge in [0.2, 0.25) is 5.91 Å². The van der Waals surface area contributed by atoms with Crippen LogP contribution in [0.5, 0.6) is 0 Å². The minimum atomic E-state index is -0.329. The maximum atomic E-state index is 12.9. The lowest BCUT2D eigenvalue weighted by atomic mass is 9.93. The molecule has 1 atom stereocenters. The Balaban J connectivity index is 1.30. The summed E-state index contributed by atoms with van der Waals surface area (Å²) in [5.74, 6) is 2.66. The van der Waals surface area contributed by atoms with Gasteiger partial charge in [-0.2, -0.15) is 0 Å². The number of halogens is 1. The van der Waals surface area contributed by atoms with Gasteiger partial charge in [0.25, 0.3) is 0 Å². The van der Waals surface area contributed by atoms with Gasteiger partial charge in [-0.25, -0.2) is 0 Å². The zero-order valence-electron chi connectivity index (χ0n) is 15.8. The Morgan fingerprint density at radius 3 is 2.70 bits per heavy atom. The van der Waals surface area contributed by atoms with Gasteiger partial charge < -0.3 is 9.73 Å². The summed E-state index contributed by atoms with van der Waals surface area (Å²) in [7, 11) is 0. The van der Waals surface area contributed by atoms with Gasteiger partial charge in [0.15, 0.2) is 0 Å². The molecule has 2 heterocycles. The molecule has 1 N–H and O–H groups in total. The Kier molecular flexibility index (Phi) is 5.29. The van der Waals surface area contributed by atoms with Crippen molar-refractivity contribution in [3.8, 4) is 0 Å². The molecule has 1 saturated carbocycles. The SMILES string of the molecule is Cc1ccc(CN2CCCC(CNC(=O)C3(c4ccc(Cl)cc4)CC3)C2)o1. The number of benzene rings is 1. The van der Waals surface area contributed by atoms with Gasteiger partial charge in [-0.3, -0.25) is 9.69 Å². The molecule has 1 saturated heterocycles. The normalized spacial score (nSPS) is 21.8. The number of rotatable bonds is 6. The first-order valence-corrected chi connectivity index (χ1v) is 10.2. The largest absolute Gasteiger partial charge is 0.465 e. The Morgan fingerprint density at radius 1 is 1.26 bits per heavy atom. The molecule has 27 heavy (non-hydrogen) atoms. The summed E-state index contributed by atoms with van der Waals surface area (Å²) in [5.41, 5.74) is 0.757. The fourth-order valence-corrected chi connectivity index (χ4v) is 4.32. The predicted octanol–water partition coefficient (Wildman–Crippen LogP) is 4.30. The van der Waals surface area contributed by atoms with Crippen LogP contribution in [0.25, 0.3) is 0 Å². The van der Waals surface area contributed by atoms with Crippen LogP contribution >= 0.6 is 11.6 Å². The minimum Gasteiger partial charge on any atom is -0.465 e. The number of hydrogen-bond donors (Lipinski definition) is 1. The van der Waals surface area contributed by atoms with Crippen LogP contribution in [0.2, 0.25) is 5.02 Å². The van der Waals surface area contributed by atoms with Crippen molar-refractivity contribution in [3.05, 3.63) is 58.5 Å². The van der Waals surface area contributed by atoms with Crippen molar-refractivity contribution < 1.29 is 9.21 Å². The monoisotopic (exact) mass is 386 g/mol. The quantitative estimate of drug-likeness (QED) is 0.804. The van der Waals surface area contributed by atoms with E-state index in [-0.39, 0.29) is 11.3 Å². The van der Waals surface area contributed by atoms with Crippen molar-refractivity contribution in [2.45, 2.75) is 44.6 Å². The van der Waals surface area contributed by atoms with Crippen LogP contribution in [0.3, 0.4) is 0 Å². The second-order valence-corrected chi connectivity index (χ2v) is 8.49. The molecule has 1 aromatic heterocycles. The molecule has 1 amide bonds. The summed E-state index contributed by atoms with van der Waals surface area (Å²) in [4.78, 5) is 15.3. The van der Waals surface area contributed by atoms with Crippen LogP contribution in [0.15, 0.2) is 40.8 Å². The molecule has 2 aliphatic rings. The number of hydrogen-bond acceptors (Lipinski definition) is 3. The molecule has 1 unspecified atom stereocenters. The summed E-state index contributed by atoms with van der Waals surface area (Å²) < 4.78 is 5.71. The highest BCUT2D eigenvalue weighted by atomic mass is 35.5. The van der Waals surface area contributed by atoms with Gasteiger partial charge in [0.1, 0.15) is 11.5 Å². The van der Waals surface area contributed by atoms with Gasteiger partial charge in [0.05, 0.1) is 12.0 Å². The van der Waals surface area contributed by atoms with E-state index in [0.29, 0.717) is 10.9 Å². The third-order valence-corrected chi connectivity index (χ3v) is 6.16. The van der Waals surface area contributed by atoms with Crippen LogP contribution in [-0.2, 0) is 16.8 Å². The van der Waals surface area contributed by atoms with Gasteiger partial charge in [-0.15, -0.1) is 0 Å². The zero-order chi connectivity index (χ0) is 18.9. The number of likely N-dealkylation sites (tertiary alicyclic amines) is 1. The van der Waals surface area contributed by atoms with E-state index in [9.17, 15) is 4.79 Å². The number of carbonyl (C=O) groups is 1. The van der Waals surface area contributed by atoms with E-state index in [2.05, 4.69) is 16.3 Å². The minimum absolute atomic E-state index is 0.170. The lowest BCUT2D eigenvalue weighted by Crippen LogP contribution is -2.43. The molecule has 144 valence electrons. The molecule has 1 aliphatic heterocycles. The van der Waals surface area contributed by atoms with Crippen molar-refractivity contribution in [1.29, 1.82) is 0 Å². The molecule has 0 bridgehead atoms. The average molecular weight is 387 g/mol. The molecule has 2 fully saturated rings. The molecule has 5 heteroatoms. The third-order valence-electron chi connectivity index (χ3n) is 5.91. The van der Waals surface area contributed by atoms with E-state index in [4.69, 9.17) is 16.0 Å². The summed E-state index contributed by atoms with van der Waals surface area (Å²) >= 11 is 5.99. The summed E-state index contributed by atoms with van der Waals surface area (Å²) in [5, 5.41) is 3.95. The first-order chi connectivity index (χ1) is 13.0. The van der Waals surface area contributed by atoms with Gasteiger partial charge in [-0.1, -0.05) is 23.7 Å². The number of piperidine rings is 1. The molecule has 4 rings (SSSR count). The van der Waals surface area contributed by atoms with Gasteiger partial charge in [0, 0.05) is 18.1 Å². The maximum absolute atomic E-state index is 12.9. The first kappa shape index (κ1) is 18.6. The van der Waals surface area contributed by atoms with E-state index in [0.717, 1.165) is 56.1 Å². The molecule has 4 nitrogen and oxygen atoms in total. The Labute approximate surface area is 165 Å². The second-order valence-electron chi connectivity index (χ2n) is 8.05. The average Bonchev–Trinajstić information content (AvgIpc) is 3.38. The van der Waals surface area contributed by atoms with Crippen LogP contribution < -0.4 is 5.32 Å². The maximum Gasteiger partial charge on any atom is 0.230 e. The van der Waals surface area contributed by atoms with E-state index in [1.54, 1.807) is 0 Å². The number of nitrogens with zero attached hydrogens (tertiary/aromatic N) is 1. The van der Waals surface area contributed by atoms with E-state index >= 15 is 0 Å². The van der Waals surface area contributed by atoms with Crippen molar-refractivity contribution in [2.24, 2.45) is 5.92 Å². The molecular weight excluding hydrogens is 360 g/mol.